The van der Waals surface area contributed by atoms with Crippen molar-refractivity contribution in [2.75, 3.05) is 26.2 Å². The number of nitrogens with zero attached hydrogens (tertiary/aromatic N) is 1. The second-order valence-corrected chi connectivity index (χ2v) is 8.64. The molecule has 162 valence electrons. The van der Waals surface area contributed by atoms with Crippen molar-refractivity contribution in [1.82, 2.24) is 10.4 Å². The number of nitrogens with one attached hydrogen (secondary N) is 1. The van der Waals surface area contributed by atoms with Crippen molar-refractivity contribution in [2.45, 2.75) is 26.2 Å². The van der Waals surface area contributed by atoms with Gasteiger partial charge in [-0.1, -0.05) is 34.8 Å². The zero-order valence-electron chi connectivity index (χ0n) is 16.8. The quantitative estimate of drug-likeness (QED) is 0.392. The van der Waals surface area contributed by atoms with Crippen molar-refractivity contribution >= 4 is 40.7 Å². The molecule has 0 saturated carbocycles. The molecule has 2 aromatic rings. The van der Waals surface area contributed by atoms with Gasteiger partial charge in [0.05, 0.1) is 16.7 Å². The fourth-order valence-electron chi connectivity index (χ4n) is 3.57. The van der Waals surface area contributed by atoms with Crippen LogP contribution in [0.5, 0.6) is 11.5 Å². The van der Waals surface area contributed by atoms with Crippen LogP contribution in [-0.4, -0.2) is 37.0 Å². The Morgan fingerprint density at radius 2 is 1.93 bits per heavy atom. The maximum atomic E-state index is 11.2. The van der Waals surface area contributed by atoms with Crippen LogP contribution in [0.3, 0.4) is 0 Å². The zero-order valence-corrected chi connectivity index (χ0v) is 19.1. The van der Waals surface area contributed by atoms with E-state index in [1.165, 1.54) is 6.92 Å². The fraction of sp³-hybridized carbons (Fsp3) is 0.409. The Morgan fingerprint density at radius 3 is 2.67 bits per heavy atom. The van der Waals surface area contributed by atoms with E-state index in [-0.39, 0.29) is 5.91 Å². The molecule has 5 nitrogen and oxygen atoms in total. The minimum Gasteiger partial charge on any atom is -0.494 e. The van der Waals surface area contributed by atoms with Crippen LogP contribution in [0.4, 0.5) is 0 Å². The second-order valence-electron chi connectivity index (χ2n) is 7.41. The first-order valence-corrected chi connectivity index (χ1v) is 11.1. The van der Waals surface area contributed by atoms with Crippen LogP contribution in [0.25, 0.3) is 0 Å². The van der Waals surface area contributed by atoms with Gasteiger partial charge < -0.3 is 14.5 Å². The molecule has 1 atom stereocenters. The molecule has 2 aromatic carbocycles. The summed E-state index contributed by atoms with van der Waals surface area (Å²) in [4.78, 5) is 19.0. The average Bonchev–Trinajstić information content (AvgIpc) is 3.17. The molecular formula is C22H25Cl3N2O3. The number of hydrogen-bond acceptors (Lipinski definition) is 4. The lowest BCUT2D eigenvalue weighted by Gasteiger charge is -2.18. The van der Waals surface area contributed by atoms with Gasteiger partial charge in [-0.05, 0) is 68.1 Å². The summed E-state index contributed by atoms with van der Waals surface area (Å²) in [5, 5.41) is 1.67. The van der Waals surface area contributed by atoms with Crippen LogP contribution in [0.2, 0.25) is 15.1 Å². The van der Waals surface area contributed by atoms with E-state index in [9.17, 15) is 4.79 Å². The molecule has 1 fully saturated rings. The molecule has 8 heteroatoms. The lowest BCUT2D eigenvalue weighted by Crippen LogP contribution is -2.25. The average molecular weight is 472 g/mol. The summed E-state index contributed by atoms with van der Waals surface area (Å²) < 4.78 is 5.77. The summed E-state index contributed by atoms with van der Waals surface area (Å²) in [6.45, 7) is 5.04. The Morgan fingerprint density at radius 1 is 1.17 bits per heavy atom. The van der Waals surface area contributed by atoms with Crippen LogP contribution in [0, 0.1) is 5.92 Å². The molecule has 0 bridgehead atoms. The zero-order chi connectivity index (χ0) is 21.5. The first-order chi connectivity index (χ1) is 14.4. The monoisotopic (exact) mass is 470 g/mol. The third kappa shape index (κ3) is 6.67. The normalized spacial score (nSPS) is 16.5. The number of rotatable bonds is 9. The van der Waals surface area contributed by atoms with E-state index >= 15 is 0 Å². The Kier molecular flexibility index (Phi) is 8.51. The molecule has 30 heavy (non-hydrogen) atoms. The predicted octanol–water partition coefficient (Wildman–Crippen LogP) is 5.41. The molecule has 1 N–H and O–H groups in total. The predicted molar refractivity (Wildman–Crippen MR) is 121 cm³/mol. The number of amides is 1. The van der Waals surface area contributed by atoms with Crippen molar-refractivity contribution in [1.29, 1.82) is 0 Å². The highest BCUT2D eigenvalue weighted by Crippen LogP contribution is 2.36. The summed E-state index contributed by atoms with van der Waals surface area (Å²) in [5.74, 6) is 1.54. The van der Waals surface area contributed by atoms with Gasteiger partial charge in [0.2, 0.25) is 5.91 Å². The van der Waals surface area contributed by atoms with Gasteiger partial charge in [-0.2, -0.15) is 5.48 Å². The smallest absolute Gasteiger partial charge is 0.249 e. The Balaban J connectivity index is 1.48. The number of carbonyl (C=O) groups is 1. The van der Waals surface area contributed by atoms with Crippen molar-refractivity contribution < 1.29 is 14.4 Å². The number of likely N-dealkylation sites (tertiary alicyclic amines) is 1. The number of ether oxygens (including phenoxy) is 1. The Hall–Kier alpha value is -1.66. The first kappa shape index (κ1) is 23.0. The van der Waals surface area contributed by atoms with Gasteiger partial charge in [0.15, 0.2) is 5.75 Å². The maximum absolute atomic E-state index is 11.2. The van der Waals surface area contributed by atoms with Crippen molar-refractivity contribution in [3.05, 3.63) is 57.0 Å². The van der Waals surface area contributed by atoms with E-state index in [0.717, 1.165) is 50.2 Å². The van der Waals surface area contributed by atoms with Gasteiger partial charge in [-0.3, -0.25) is 4.79 Å². The van der Waals surface area contributed by atoms with Gasteiger partial charge in [-0.15, -0.1) is 0 Å². The number of halogens is 3. The lowest BCUT2D eigenvalue weighted by molar-refractivity contribution is -0.125. The molecule has 1 amide bonds. The molecular weight excluding hydrogens is 447 g/mol. The van der Waals surface area contributed by atoms with E-state index in [2.05, 4.69) is 10.4 Å². The molecule has 0 radical (unpaired) electrons. The number of hydrogen-bond donors (Lipinski definition) is 1. The summed E-state index contributed by atoms with van der Waals surface area (Å²) >= 11 is 18.5. The van der Waals surface area contributed by atoms with Gasteiger partial charge in [0, 0.05) is 30.6 Å². The van der Waals surface area contributed by atoms with Gasteiger partial charge in [-0.25, -0.2) is 0 Å². The Bertz CT molecular complexity index is 861. The molecule has 0 spiro atoms. The van der Waals surface area contributed by atoms with E-state index < -0.39 is 0 Å². The SMILES string of the molecule is CC(=O)NOc1ccc(Cl)c(Cl)c1CC1CCN(CCCOc2ccc(Cl)cc2)C1. The number of hydroxylamine groups is 1. The van der Waals surface area contributed by atoms with Crippen LogP contribution >= 0.6 is 34.8 Å². The Labute approximate surface area is 192 Å². The van der Waals surface area contributed by atoms with Gasteiger partial charge >= 0.3 is 0 Å². The molecule has 1 aliphatic heterocycles. The topological polar surface area (TPSA) is 50.8 Å². The van der Waals surface area contributed by atoms with Crippen molar-refractivity contribution in [2.24, 2.45) is 5.92 Å². The molecule has 1 aliphatic rings. The minimum atomic E-state index is -0.278. The van der Waals surface area contributed by atoms with Crippen LogP contribution in [0.1, 0.15) is 25.3 Å². The lowest BCUT2D eigenvalue weighted by atomic mass is 9.98. The summed E-state index contributed by atoms with van der Waals surface area (Å²) in [5.41, 5.74) is 3.19. The van der Waals surface area contributed by atoms with E-state index in [1.807, 2.05) is 24.3 Å². The highest BCUT2D eigenvalue weighted by atomic mass is 35.5. The van der Waals surface area contributed by atoms with Crippen LogP contribution < -0.4 is 15.1 Å². The minimum absolute atomic E-state index is 0.278. The third-order valence-electron chi connectivity index (χ3n) is 5.02. The van der Waals surface area contributed by atoms with Crippen molar-refractivity contribution in [3.63, 3.8) is 0 Å². The summed E-state index contributed by atoms with van der Waals surface area (Å²) in [7, 11) is 0. The third-order valence-corrected chi connectivity index (χ3v) is 6.12. The number of benzene rings is 2. The van der Waals surface area contributed by atoms with Crippen LogP contribution in [-0.2, 0) is 11.2 Å². The first-order valence-electron chi connectivity index (χ1n) is 9.93. The van der Waals surface area contributed by atoms with E-state index in [4.69, 9.17) is 44.4 Å². The highest BCUT2D eigenvalue weighted by molar-refractivity contribution is 6.42. The number of carbonyl (C=O) groups excluding carboxylic acids is 1. The van der Waals surface area contributed by atoms with Gasteiger partial charge in [0.25, 0.3) is 0 Å². The molecule has 0 aromatic heterocycles. The summed E-state index contributed by atoms with van der Waals surface area (Å²) in [6, 6.07) is 10.8. The summed E-state index contributed by atoms with van der Waals surface area (Å²) in [6.07, 6.45) is 2.76. The standard InChI is InChI=1S/C22H25Cl3N2O3/c1-15(28)26-30-21-8-7-20(24)22(25)19(21)13-16-9-11-27(14-16)10-2-12-29-18-5-3-17(23)4-6-18/h3-8,16H,2,9-14H2,1H3,(H,26,28). The molecule has 0 aliphatic carbocycles. The van der Waals surface area contributed by atoms with E-state index in [0.29, 0.717) is 33.3 Å². The fourth-order valence-corrected chi connectivity index (χ4v) is 4.10. The molecule has 1 saturated heterocycles. The van der Waals surface area contributed by atoms with Crippen LogP contribution in [0.15, 0.2) is 36.4 Å². The largest absolute Gasteiger partial charge is 0.494 e. The maximum Gasteiger partial charge on any atom is 0.249 e. The van der Waals surface area contributed by atoms with Crippen molar-refractivity contribution in [3.8, 4) is 11.5 Å². The molecule has 1 unspecified atom stereocenters. The van der Waals surface area contributed by atoms with Gasteiger partial charge in [0.1, 0.15) is 5.75 Å². The molecule has 1 heterocycles. The second kappa shape index (κ2) is 11.1. The highest BCUT2D eigenvalue weighted by Gasteiger charge is 2.25. The molecule has 3 rings (SSSR count). The van der Waals surface area contributed by atoms with E-state index in [1.54, 1.807) is 12.1 Å².